The first-order valence-corrected chi connectivity index (χ1v) is 6.49. The number of ketones is 1. The second-order valence-corrected chi connectivity index (χ2v) is 5.80. The van der Waals surface area contributed by atoms with Crippen LogP contribution in [-0.2, 0) is 11.2 Å². The number of carbonyl (C=O) groups is 1. The van der Waals surface area contributed by atoms with E-state index in [0.29, 0.717) is 17.4 Å². The summed E-state index contributed by atoms with van der Waals surface area (Å²) in [6, 6.07) is 4.40. The quantitative estimate of drug-likeness (QED) is 0.802. The lowest BCUT2D eigenvalue weighted by molar-refractivity contribution is -0.116. The van der Waals surface area contributed by atoms with Crippen LogP contribution in [0.5, 0.6) is 0 Å². The summed E-state index contributed by atoms with van der Waals surface area (Å²) in [6.45, 7) is 4.10. The number of hydrogen-bond acceptors (Lipinski definition) is 2. The molecule has 0 aliphatic rings. The predicted octanol–water partition coefficient (Wildman–Crippen LogP) is 3.73. The molecule has 0 saturated heterocycles. The zero-order valence-corrected chi connectivity index (χ0v) is 10.9. The predicted molar refractivity (Wildman–Crippen MR) is 67.7 cm³/mol. The van der Waals surface area contributed by atoms with Crippen molar-refractivity contribution in [1.29, 1.82) is 0 Å². The van der Waals surface area contributed by atoms with Gasteiger partial charge >= 0.3 is 0 Å². The summed E-state index contributed by atoms with van der Waals surface area (Å²) in [5.41, 5.74) is 0.765. The van der Waals surface area contributed by atoms with Crippen LogP contribution in [0.4, 0.5) is 4.39 Å². The van der Waals surface area contributed by atoms with Gasteiger partial charge in [0.15, 0.2) is 0 Å². The monoisotopic (exact) mass is 260 g/mol. The van der Waals surface area contributed by atoms with Crippen molar-refractivity contribution in [1.82, 2.24) is 0 Å². The van der Waals surface area contributed by atoms with Crippen LogP contribution in [0.25, 0.3) is 0 Å². The number of carbonyl (C=O) groups excluding carboxylic acids is 1. The van der Waals surface area contributed by atoms with E-state index >= 15 is 0 Å². The molecule has 0 N–H and O–H groups in total. The third-order valence-electron chi connectivity index (χ3n) is 1.96. The minimum atomic E-state index is -0.450. The van der Waals surface area contributed by atoms with E-state index in [1.165, 1.54) is 12.1 Å². The second-order valence-electron chi connectivity index (χ2n) is 3.82. The highest BCUT2D eigenvalue weighted by Crippen LogP contribution is 2.17. The van der Waals surface area contributed by atoms with Crippen LogP contribution in [0, 0.1) is 5.82 Å². The first kappa shape index (κ1) is 13.5. The Morgan fingerprint density at radius 3 is 2.75 bits per heavy atom. The summed E-state index contributed by atoms with van der Waals surface area (Å²) in [7, 11) is 0. The van der Waals surface area contributed by atoms with Crippen LogP contribution in [0.3, 0.4) is 0 Å². The standard InChI is InChI=1S/C12H14ClFOS/c1-8(2)16-7-10(15)5-9-3-4-12(14)11(13)6-9/h3-4,6,8H,5,7H2,1-2H3. The molecule has 4 heteroatoms. The van der Waals surface area contributed by atoms with Gasteiger partial charge in [-0.05, 0) is 22.9 Å². The van der Waals surface area contributed by atoms with Crippen molar-refractivity contribution in [2.45, 2.75) is 25.5 Å². The lowest BCUT2D eigenvalue weighted by Gasteiger charge is -2.04. The van der Waals surface area contributed by atoms with Gasteiger partial charge in [0.1, 0.15) is 11.6 Å². The van der Waals surface area contributed by atoms with Crippen molar-refractivity contribution >= 4 is 29.1 Å². The molecule has 1 aromatic carbocycles. The Morgan fingerprint density at radius 2 is 2.19 bits per heavy atom. The summed E-state index contributed by atoms with van der Waals surface area (Å²) in [4.78, 5) is 11.6. The molecule has 0 atom stereocenters. The van der Waals surface area contributed by atoms with Gasteiger partial charge in [0, 0.05) is 6.42 Å². The van der Waals surface area contributed by atoms with Crippen molar-refractivity contribution in [3.8, 4) is 0 Å². The van der Waals surface area contributed by atoms with Gasteiger partial charge in [0.2, 0.25) is 0 Å². The summed E-state index contributed by atoms with van der Waals surface area (Å²) in [5.74, 6) is 0.183. The van der Waals surface area contributed by atoms with Gasteiger partial charge in [-0.25, -0.2) is 4.39 Å². The molecular weight excluding hydrogens is 247 g/mol. The van der Waals surface area contributed by atoms with Gasteiger partial charge < -0.3 is 0 Å². The molecule has 0 aliphatic heterocycles. The molecule has 0 saturated carbocycles. The van der Waals surface area contributed by atoms with E-state index in [-0.39, 0.29) is 10.8 Å². The van der Waals surface area contributed by atoms with E-state index < -0.39 is 5.82 Å². The zero-order valence-electron chi connectivity index (χ0n) is 9.30. The molecule has 0 amide bonds. The van der Waals surface area contributed by atoms with Crippen LogP contribution in [0.15, 0.2) is 18.2 Å². The highest BCUT2D eigenvalue weighted by molar-refractivity contribution is 8.00. The van der Waals surface area contributed by atoms with E-state index in [4.69, 9.17) is 11.6 Å². The maximum absolute atomic E-state index is 12.9. The molecule has 0 radical (unpaired) electrons. The molecule has 16 heavy (non-hydrogen) atoms. The third kappa shape index (κ3) is 4.54. The highest BCUT2D eigenvalue weighted by atomic mass is 35.5. The summed E-state index contributed by atoms with van der Waals surface area (Å²) in [6.07, 6.45) is 0.319. The van der Waals surface area contributed by atoms with Gasteiger partial charge in [0.05, 0.1) is 10.8 Å². The second kappa shape index (κ2) is 6.26. The van der Waals surface area contributed by atoms with Crippen LogP contribution < -0.4 is 0 Å². The largest absolute Gasteiger partial charge is 0.298 e. The Kier molecular flexibility index (Phi) is 5.29. The van der Waals surface area contributed by atoms with Gasteiger partial charge in [-0.1, -0.05) is 31.5 Å². The van der Waals surface area contributed by atoms with E-state index in [0.717, 1.165) is 5.56 Å². The van der Waals surface area contributed by atoms with Crippen molar-refractivity contribution in [2.75, 3.05) is 5.75 Å². The molecule has 1 nitrogen and oxygen atoms in total. The van der Waals surface area contributed by atoms with Crippen molar-refractivity contribution in [3.63, 3.8) is 0 Å². The number of Topliss-reactive ketones (excluding diaryl/α,β-unsaturated/α-hetero) is 1. The van der Waals surface area contributed by atoms with E-state index in [1.54, 1.807) is 17.8 Å². The first-order chi connectivity index (χ1) is 7.49. The maximum Gasteiger partial charge on any atom is 0.147 e. The fourth-order valence-corrected chi connectivity index (χ4v) is 2.01. The lowest BCUT2D eigenvalue weighted by atomic mass is 10.1. The Hall–Kier alpha value is -0.540. The minimum absolute atomic E-state index is 0.0711. The number of hydrogen-bond donors (Lipinski definition) is 0. The zero-order chi connectivity index (χ0) is 12.1. The molecular formula is C12H14ClFOS. The fourth-order valence-electron chi connectivity index (χ4n) is 1.19. The molecule has 0 aromatic heterocycles. The maximum atomic E-state index is 12.9. The number of benzene rings is 1. The number of thioether (sulfide) groups is 1. The van der Waals surface area contributed by atoms with Crippen LogP contribution in [0.2, 0.25) is 5.02 Å². The molecule has 0 unspecified atom stereocenters. The Bertz CT molecular complexity index is 379. The van der Waals surface area contributed by atoms with Gasteiger partial charge in [-0.3, -0.25) is 4.79 Å². The summed E-state index contributed by atoms with van der Waals surface area (Å²) < 4.78 is 12.9. The summed E-state index contributed by atoms with van der Waals surface area (Å²) in [5, 5.41) is 0.516. The molecule has 0 spiro atoms. The van der Waals surface area contributed by atoms with Gasteiger partial charge in [0.25, 0.3) is 0 Å². The molecule has 1 rings (SSSR count). The fraction of sp³-hybridized carbons (Fsp3) is 0.417. The van der Waals surface area contributed by atoms with Crippen molar-refractivity contribution in [3.05, 3.63) is 34.6 Å². The van der Waals surface area contributed by atoms with Gasteiger partial charge in [-0.15, -0.1) is 0 Å². The number of halogens is 2. The normalized spacial score (nSPS) is 10.8. The highest BCUT2D eigenvalue weighted by Gasteiger charge is 2.07. The smallest absolute Gasteiger partial charge is 0.147 e. The SMILES string of the molecule is CC(C)SCC(=O)Cc1ccc(F)c(Cl)c1. The van der Waals surface area contributed by atoms with Crippen LogP contribution in [-0.4, -0.2) is 16.8 Å². The van der Waals surface area contributed by atoms with Crippen molar-refractivity contribution < 1.29 is 9.18 Å². The topological polar surface area (TPSA) is 17.1 Å². The third-order valence-corrected chi connectivity index (χ3v) is 3.41. The lowest BCUT2D eigenvalue weighted by Crippen LogP contribution is -2.07. The minimum Gasteiger partial charge on any atom is -0.298 e. The van der Waals surface area contributed by atoms with E-state index in [2.05, 4.69) is 0 Å². The Labute approximate surface area is 104 Å². The Balaban J connectivity index is 2.53. The molecule has 0 bridgehead atoms. The van der Waals surface area contributed by atoms with Crippen LogP contribution in [0.1, 0.15) is 19.4 Å². The average molecular weight is 261 g/mol. The molecule has 88 valence electrons. The molecule has 1 aromatic rings. The molecule has 0 heterocycles. The van der Waals surface area contributed by atoms with Crippen molar-refractivity contribution in [2.24, 2.45) is 0 Å². The van der Waals surface area contributed by atoms with E-state index in [1.807, 2.05) is 13.8 Å². The van der Waals surface area contributed by atoms with E-state index in [9.17, 15) is 9.18 Å². The average Bonchev–Trinajstić information content (AvgIpc) is 2.21. The first-order valence-electron chi connectivity index (χ1n) is 5.06. The van der Waals surface area contributed by atoms with Gasteiger partial charge in [-0.2, -0.15) is 11.8 Å². The number of rotatable bonds is 5. The molecule has 0 aliphatic carbocycles. The Morgan fingerprint density at radius 1 is 1.50 bits per heavy atom. The molecule has 0 fully saturated rings. The van der Waals surface area contributed by atoms with Crippen LogP contribution >= 0.6 is 23.4 Å². The summed E-state index contributed by atoms with van der Waals surface area (Å²) >= 11 is 7.24.